The highest BCUT2D eigenvalue weighted by molar-refractivity contribution is 5.92. The second-order valence-electron chi connectivity index (χ2n) is 5.39. The summed E-state index contributed by atoms with van der Waals surface area (Å²) in [5.41, 5.74) is 0.569. The van der Waals surface area contributed by atoms with Gasteiger partial charge in [0, 0.05) is 0 Å². The van der Waals surface area contributed by atoms with E-state index in [2.05, 4.69) is 0 Å². The molecule has 0 spiro atoms. The Morgan fingerprint density at radius 1 is 1.10 bits per heavy atom. The molecule has 1 aromatic carbocycles. The first-order chi connectivity index (χ1) is 9.58. The highest BCUT2D eigenvalue weighted by atomic mass is 16.5. The largest absolute Gasteiger partial charge is 0.478 e. The average molecular weight is 276 g/mol. The monoisotopic (exact) mass is 276 g/mol. The molecule has 4 nitrogen and oxygen atoms in total. The fraction of sp³-hybridized carbons (Fsp3) is 0.500. The Kier molecular flexibility index (Phi) is 4.77. The quantitative estimate of drug-likeness (QED) is 0.855. The summed E-state index contributed by atoms with van der Waals surface area (Å²) in [7, 11) is 0. The average Bonchev–Trinajstić information content (AvgIpc) is 2.48. The smallest absolute Gasteiger partial charge is 0.338 e. The molecule has 1 N–H and O–H groups in total. The predicted octanol–water partition coefficient (Wildman–Crippen LogP) is 3.51. The minimum atomic E-state index is -1.000. The summed E-state index contributed by atoms with van der Waals surface area (Å²) in [6.45, 7) is 1.94. The van der Waals surface area contributed by atoms with Crippen LogP contribution in [0, 0.1) is 5.92 Å². The zero-order valence-electron chi connectivity index (χ0n) is 11.7. The summed E-state index contributed by atoms with van der Waals surface area (Å²) in [6.07, 6.45) is 5.84. The molecule has 1 aliphatic rings. The zero-order chi connectivity index (χ0) is 14.5. The van der Waals surface area contributed by atoms with Crippen molar-refractivity contribution in [2.45, 2.75) is 45.1 Å². The number of rotatable bonds is 4. The molecular weight excluding hydrogens is 256 g/mol. The van der Waals surface area contributed by atoms with E-state index in [0.29, 0.717) is 11.5 Å². The molecule has 0 saturated heterocycles. The molecule has 0 radical (unpaired) electrons. The Balaban J connectivity index is 1.95. The van der Waals surface area contributed by atoms with Gasteiger partial charge in [-0.2, -0.15) is 0 Å². The van der Waals surface area contributed by atoms with E-state index in [4.69, 9.17) is 9.84 Å². The van der Waals surface area contributed by atoms with E-state index in [-0.39, 0.29) is 17.6 Å². The molecule has 1 aromatic rings. The van der Waals surface area contributed by atoms with Crippen LogP contribution in [0.3, 0.4) is 0 Å². The first kappa shape index (κ1) is 14.6. The summed E-state index contributed by atoms with van der Waals surface area (Å²) in [5.74, 6) is -0.925. The van der Waals surface area contributed by atoms with Gasteiger partial charge in [0.15, 0.2) is 0 Å². The lowest BCUT2D eigenvalue weighted by Gasteiger charge is -2.27. The molecule has 1 atom stereocenters. The van der Waals surface area contributed by atoms with Gasteiger partial charge in [0.25, 0.3) is 0 Å². The number of hydrogen-bond donors (Lipinski definition) is 1. The van der Waals surface area contributed by atoms with E-state index >= 15 is 0 Å². The SMILES string of the molecule is CC(OC(=O)c1ccc(C(=O)O)cc1)C1CCCCC1. The number of carboxylic acids is 1. The van der Waals surface area contributed by atoms with E-state index in [1.807, 2.05) is 6.92 Å². The Morgan fingerprint density at radius 2 is 1.65 bits per heavy atom. The Hall–Kier alpha value is -1.84. The van der Waals surface area contributed by atoms with Gasteiger partial charge in [-0.3, -0.25) is 0 Å². The van der Waals surface area contributed by atoms with Gasteiger partial charge in [0.2, 0.25) is 0 Å². The van der Waals surface area contributed by atoms with Crippen molar-refractivity contribution in [2.75, 3.05) is 0 Å². The molecule has 0 heterocycles. The third-order valence-corrected chi connectivity index (χ3v) is 3.97. The standard InChI is InChI=1S/C16H20O4/c1-11(12-5-3-2-4-6-12)20-16(19)14-9-7-13(8-10-14)15(17)18/h7-12H,2-6H2,1H3,(H,17,18). The maximum absolute atomic E-state index is 12.0. The van der Waals surface area contributed by atoms with Crippen LogP contribution in [0.1, 0.15) is 59.7 Å². The van der Waals surface area contributed by atoms with Gasteiger partial charge in [-0.1, -0.05) is 19.3 Å². The summed E-state index contributed by atoms with van der Waals surface area (Å²) in [6, 6.07) is 5.84. The van der Waals surface area contributed by atoms with Crippen molar-refractivity contribution in [2.24, 2.45) is 5.92 Å². The molecule has 4 heteroatoms. The minimum absolute atomic E-state index is 0.0815. The fourth-order valence-electron chi connectivity index (χ4n) is 2.69. The molecule has 1 saturated carbocycles. The Morgan fingerprint density at radius 3 is 2.20 bits per heavy atom. The number of ether oxygens (including phenoxy) is 1. The van der Waals surface area contributed by atoms with Gasteiger partial charge >= 0.3 is 11.9 Å². The third kappa shape index (κ3) is 3.59. The van der Waals surface area contributed by atoms with E-state index in [0.717, 1.165) is 12.8 Å². The highest BCUT2D eigenvalue weighted by Crippen LogP contribution is 2.28. The lowest BCUT2D eigenvalue weighted by Crippen LogP contribution is -2.26. The molecule has 0 amide bonds. The van der Waals surface area contributed by atoms with Crippen LogP contribution in [-0.2, 0) is 4.74 Å². The number of aromatic carboxylic acids is 1. The summed E-state index contributed by atoms with van der Waals surface area (Å²) < 4.78 is 5.49. The molecule has 0 aliphatic heterocycles. The Bertz CT molecular complexity index is 472. The lowest BCUT2D eigenvalue weighted by molar-refractivity contribution is 0.0141. The number of carbonyl (C=O) groups is 2. The van der Waals surface area contributed by atoms with Crippen LogP contribution >= 0.6 is 0 Å². The van der Waals surface area contributed by atoms with Crippen LogP contribution in [0.2, 0.25) is 0 Å². The number of hydrogen-bond acceptors (Lipinski definition) is 3. The molecule has 1 fully saturated rings. The van der Waals surface area contributed by atoms with Crippen molar-refractivity contribution in [1.82, 2.24) is 0 Å². The summed E-state index contributed by atoms with van der Waals surface area (Å²) in [4.78, 5) is 22.8. The zero-order valence-corrected chi connectivity index (χ0v) is 11.7. The maximum atomic E-state index is 12.0. The van der Waals surface area contributed by atoms with Crippen LogP contribution in [0.15, 0.2) is 24.3 Å². The van der Waals surface area contributed by atoms with Crippen molar-refractivity contribution in [1.29, 1.82) is 0 Å². The number of esters is 1. The van der Waals surface area contributed by atoms with Crippen LogP contribution < -0.4 is 0 Å². The van der Waals surface area contributed by atoms with Crippen LogP contribution in [0.5, 0.6) is 0 Å². The maximum Gasteiger partial charge on any atom is 0.338 e. The van der Waals surface area contributed by atoms with Crippen molar-refractivity contribution in [3.8, 4) is 0 Å². The number of carboxylic acid groups (broad SMARTS) is 1. The van der Waals surface area contributed by atoms with Crippen molar-refractivity contribution in [3.63, 3.8) is 0 Å². The Labute approximate surface area is 118 Å². The van der Waals surface area contributed by atoms with E-state index in [1.165, 1.54) is 43.5 Å². The fourth-order valence-corrected chi connectivity index (χ4v) is 2.69. The highest BCUT2D eigenvalue weighted by Gasteiger charge is 2.23. The molecule has 2 rings (SSSR count). The van der Waals surface area contributed by atoms with Crippen molar-refractivity contribution >= 4 is 11.9 Å². The normalized spacial score (nSPS) is 17.4. The summed E-state index contributed by atoms with van der Waals surface area (Å²) >= 11 is 0. The second-order valence-corrected chi connectivity index (χ2v) is 5.39. The topological polar surface area (TPSA) is 63.6 Å². The first-order valence-electron chi connectivity index (χ1n) is 7.12. The summed E-state index contributed by atoms with van der Waals surface area (Å²) in [5, 5.41) is 8.81. The van der Waals surface area contributed by atoms with Gasteiger partial charge in [-0.15, -0.1) is 0 Å². The molecule has 1 aliphatic carbocycles. The first-order valence-corrected chi connectivity index (χ1v) is 7.12. The van der Waals surface area contributed by atoms with E-state index in [9.17, 15) is 9.59 Å². The third-order valence-electron chi connectivity index (χ3n) is 3.97. The minimum Gasteiger partial charge on any atom is -0.478 e. The van der Waals surface area contributed by atoms with Gasteiger partial charge in [-0.25, -0.2) is 9.59 Å². The van der Waals surface area contributed by atoms with E-state index < -0.39 is 5.97 Å². The van der Waals surface area contributed by atoms with Gasteiger partial charge in [0.05, 0.1) is 11.1 Å². The lowest BCUT2D eigenvalue weighted by atomic mass is 9.86. The van der Waals surface area contributed by atoms with Crippen molar-refractivity contribution < 1.29 is 19.4 Å². The van der Waals surface area contributed by atoms with Crippen LogP contribution in [0.25, 0.3) is 0 Å². The van der Waals surface area contributed by atoms with Crippen molar-refractivity contribution in [3.05, 3.63) is 35.4 Å². The number of benzene rings is 1. The van der Waals surface area contributed by atoms with Gasteiger partial charge < -0.3 is 9.84 Å². The van der Waals surface area contributed by atoms with Crippen LogP contribution in [-0.4, -0.2) is 23.1 Å². The van der Waals surface area contributed by atoms with Gasteiger partial charge in [0.1, 0.15) is 6.10 Å². The molecule has 0 bridgehead atoms. The molecule has 20 heavy (non-hydrogen) atoms. The predicted molar refractivity (Wildman–Crippen MR) is 74.9 cm³/mol. The molecule has 1 unspecified atom stereocenters. The van der Waals surface area contributed by atoms with Crippen LogP contribution in [0.4, 0.5) is 0 Å². The molecule has 108 valence electrons. The second kappa shape index (κ2) is 6.55. The molecular formula is C16H20O4. The number of carbonyl (C=O) groups excluding carboxylic acids is 1. The molecule has 0 aromatic heterocycles. The van der Waals surface area contributed by atoms with E-state index in [1.54, 1.807) is 0 Å². The van der Waals surface area contributed by atoms with Gasteiger partial charge in [-0.05, 0) is 49.9 Å².